The molecule has 2 N–H and O–H groups in total. The van der Waals surface area contributed by atoms with Crippen molar-refractivity contribution in [2.75, 3.05) is 26.3 Å². The lowest BCUT2D eigenvalue weighted by Crippen LogP contribution is -2.35. The fourth-order valence-electron chi connectivity index (χ4n) is 2.72. The second-order valence-electron chi connectivity index (χ2n) is 5.92. The molecule has 6 heteroatoms. The summed E-state index contributed by atoms with van der Waals surface area (Å²) in [6, 6.07) is 15.1. The number of ether oxygens (including phenoxy) is 2. The van der Waals surface area contributed by atoms with Crippen LogP contribution in [0.3, 0.4) is 0 Å². The van der Waals surface area contributed by atoms with Gasteiger partial charge in [-0.3, -0.25) is 9.59 Å². The minimum atomic E-state index is -0.245. The van der Waals surface area contributed by atoms with E-state index in [4.69, 9.17) is 9.47 Å². The number of hydrogen-bond acceptors (Lipinski definition) is 4. The highest BCUT2D eigenvalue weighted by atomic mass is 16.6. The van der Waals surface area contributed by atoms with Crippen LogP contribution in [-0.2, 0) is 11.2 Å². The van der Waals surface area contributed by atoms with Gasteiger partial charge >= 0.3 is 0 Å². The molecule has 136 valence electrons. The van der Waals surface area contributed by atoms with E-state index < -0.39 is 0 Å². The molecule has 0 unspecified atom stereocenters. The third-order valence-corrected chi connectivity index (χ3v) is 4.03. The van der Waals surface area contributed by atoms with Crippen LogP contribution in [0.25, 0.3) is 0 Å². The van der Waals surface area contributed by atoms with Gasteiger partial charge in [-0.15, -0.1) is 0 Å². The van der Waals surface area contributed by atoms with Gasteiger partial charge in [0.05, 0.1) is 5.56 Å². The highest BCUT2D eigenvalue weighted by Crippen LogP contribution is 2.33. The summed E-state index contributed by atoms with van der Waals surface area (Å²) < 4.78 is 11.0. The molecular formula is C20H22N2O4. The molecule has 0 saturated heterocycles. The highest BCUT2D eigenvalue weighted by Gasteiger charge is 2.19. The van der Waals surface area contributed by atoms with Crippen LogP contribution in [0.2, 0.25) is 0 Å². The Morgan fingerprint density at radius 1 is 0.885 bits per heavy atom. The van der Waals surface area contributed by atoms with E-state index in [1.165, 1.54) is 0 Å². The van der Waals surface area contributed by atoms with Gasteiger partial charge in [-0.1, -0.05) is 36.4 Å². The Hall–Kier alpha value is -3.02. The first-order chi connectivity index (χ1) is 12.7. The van der Waals surface area contributed by atoms with Gasteiger partial charge < -0.3 is 20.1 Å². The average molecular weight is 354 g/mol. The Morgan fingerprint density at radius 2 is 1.65 bits per heavy atom. The summed E-state index contributed by atoms with van der Waals surface area (Å²) in [5.74, 6) is 0.782. The van der Waals surface area contributed by atoms with Crippen LogP contribution in [0, 0.1) is 0 Å². The van der Waals surface area contributed by atoms with Crippen LogP contribution in [0.4, 0.5) is 0 Å². The lowest BCUT2D eigenvalue weighted by atomic mass is 10.1. The van der Waals surface area contributed by atoms with E-state index in [9.17, 15) is 9.59 Å². The summed E-state index contributed by atoms with van der Waals surface area (Å²) in [6.45, 7) is 1.63. The molecule has 2 amide bonds. The fraction of sp³-hybridized carbons (Fsp3) is 0.300. The monoisotopic (exact) mass is 354 g/mol. The summed E-state index contributed by atoms with van der Waals surface area (Å²) in [7, 11) is 0. The van der Waals surface area contributed by atoms with Crippen molar-refractivity contribution in [3.05, 3.63) is 59.7 Å². The molecule has 0 spiro atoms. The molecule has 0 radical (unpaired) electrons. The quantitative estimate of drug-likeness (QED) is 0.745. The number of fused-ring (bicyclic) bond motifs is 1. The number of benzene rings is 2. The predicted molar refractivity (Wildman–Crippen MR) is 97.5 cm³/mol. The molecule has 2 aromatic rings. The van der Waals surface area contributed by atoms with Crippen molar-refractivity contribution >= 4 is 11.8 Å². The molecule has 1 aliphatic rings. The van der Waals surface area contributed by atoms with Crippen LogP contribution >= 0.6 is 0 Å². The third kappa shape index (κ3) is 4.75. The van der Waals surface area contributed by atoms with Crippen LogP contribution < -0.4 is 20.1 Å². The zero-order valence-corrected chi connectivity index (χ0v) is 14.5. The molecule has 1 heterocycles. The van der Waals surface area contributed by atoms with Crippen molar-refractivity contribution < 1.29 is 19.1 Å². The molecule has 1 aliphatic heterocycles. The van der Waals surface area contributed by atoms with E-state index in [0.717, 1.165) is 5.56 Å². The summed E-state index contributed by atoms with van der Waals surface area (Å²) in [4.78, 5) is 24.2. The maximum Gasteiger partial charge on any atom is 0.255 e. The largest absolute Gasteiger partial charge is 0.486 e. The molecule has 0 aromatic heterocycles. The van der Waals surface area contributed by atoms with Crippen molar-refractivity contribution in [1.82, 2.24) is 10.6 Å². The summed E-state index contributed by atoms with van der Waals surface area (Å²) in [5.41, 5.74) is 1.57. The number of hydrogen-bond donors (Lipinski definition) is 2. The molecule has 0 aliphatic carbocycles. The van der Waals surface area contributed by atoms with Crippen LogP contribution in [-0.4, -0.2) is 38.1 Å². The van der Waals surface area contributed by atoms with Crippen LogP contribution in [0.15, 0.2) is 48.5 Å². The van der Waals surface area contributed by atoms with E-state index in [1.54, 1.807) is 18.2 Å². The van der Waals surface area contributed by atoms with E-state index in [2.05, 4.69) is 10.6 Å². The number of aryl methyl sites for hydroxylation is 1. The Balaban J connectivity index is 1.40. The Bertz CT molecular complexity index is 762. The van der Waals surface area contributed by atoms with E-state index >= 15 is 0 Å². The zero-order chi connectivity index (χ0) is 18.2. The maximum absolute atomic E-state index is 12.3. The predicted octanol–water partition coefficient (Wildman–Crippen LogP) is 1.94. The van der Waals surface area contributed by atoms with Gasteiger partial charge in [0.25, 0.3) is 5.91 Å². The van der Waals surface area contributed by atoms with E-state index in [-0.39, 0.29) is 11.8 Å². The first-order valence-corrected chi connectivity index (χ1v) is 8.71. The smallest absolute Gasteiger partial charge is 0.255 e. The Morgan fingerprint density at radius 3 is 2.50 bits per heavy atom. The maximum atomic E-state index is 12.3. The van der Waals surface area contributed by atoms with Crippen molar-refractivity contribution in [3.8, 4) is 11.5 Å². The van der Waals surface area contributed by atoms with Gasteiger partial charge in [0.1, 0.15) is 13.2 Å². The molecule has 3 rings (SSSR count). The normalized spacial score (nSPS) is 12.3. The second kappa shape index (κ2) is 8.89. The zero-order valence-electron chi connectivity index (χ0n) is 14.5. The van der Waals surface area contributed by atoms with Crippen LogP contribution in [0.1, 0.15) is 22.3 Å². The summed E-state index contributed by atoms with van der Waals surface area (Å²) >= 11 is 0. The number of carbonyl (C=O) groups is 2. The van der Waals surface area contributed by atoms with Gasteiger partial charge in [0, 0.05) is 19.5 Å². The lowest BCUT2D eigenvalue weighted by Gasteiger charge is -2.20. The highest BCUT2D eigenvalue weighted by molar-refractivity contribution is 5.97. The SMILES string of the molecule is O=C(CCc1ccccc1)NCCNC(=O)c1cccc2c1OCCO2. The number of para-hydroxylation sites is 1. The topological polar surface area (TPSA) is 76.7 Å². The number of amides is 2. The van der Waals surface area contributed by atoms with Crippen molar-refractivity contribution in [1.29, 1.82) is 0 Å². The standard InChI is InChI=1S/C20H22N2O4/c23-18(10-9-15-5-2-1-3-6-15)21-11-12-22-20(24)16-7-4-8-17-19(16)26-14-13-25-17/h1-8H,9-14H2,(H,21,23)(H,22,24). The molecule has 0 bridgehead atoms. The van der Waals surface area contributed by atoms with Gasteiger partial charge in [-0.2, -0.15) is 0 Å². The molecule has 0 atom stereocenters. The van der Waals surface area contributed by atoms with Crippen molar-refractivity contribution in [3.63, 3.8) is 0 Å². The molecule has 6 nitrogen and oxygen atoms in total. The first-order valence-electron chi connectivity index (χ1n) is 8.71. The van der Waals surface area contributed by atoms with E-state index in [0.29, 0.717) is 56.2 Å². The molecule has 0 fully saturated rings. The summed E-state index contributed by atoms with van der Waals surface area (Å²) in [5, 5.41) is 5.60. The summed E-state index contributed by atoms with van der Waals surface area (Å²) in [6.07, 6.45) is 1.13. The van der Waals surface area contributed by atoms with Crippen molar-refractivity contribution in [2.24, 2.45) is 0 Å². The first kappa shape index (κ1) is 17.8. The molecular weight excluding hydrogens is 332 g/mol. The Labute approximate surface area is 152 Å². The Kier molecular flexibility index (Phi) is 6.09. The minimum absolute atomic E-state index is 0.0306. The molecule has 26 heavy (non-hydrogen) atoms. The number of nitrogens with one attached hydrogen (secondary N) is 2. The third-order valence-electron chi connectivity index (χ3n) is 4.03. The van der Waals surface area contributed by atoms with Crippen molar-refractivity contribution in [2.45, 2.75) is 12.8 Å². The minimum Gasteiger partial charge on any atom is -0.486 e. The number of rotatable bonds is 7. The molecule has 2 aromatic carbocycles. The molecule has 0 saturated carbocycles. The van der Waals surface area contributed by atoms with Gasteiger partial charge in [0.15, 0.2) is 11.5 Å². The second-order valence-corrected chi connectivity index (χ2v) is 5.92. The number of carbonyl (C=O) groups excluding carboxylic acids is 2. The van der Waals surface area contributed by atoms with Gasteiger partial charge in [-0.25, -0.2) is 0 Å². The van der Waals surface area contributed by atoms with Gasteiger partial charge in [0.2, 0.25) is 5.91 Å². The van der Waals surface area contributed by atoms with Gasteiger partial charge in [-0.05, 0) is 24.1 Å². The van der Waals surface area contributed by atoms with E-state index in [1.807, 2.05) is 30.3 Å². The van der Waals surface area contributed by atoms with Crippen LogP contribution in [0.5, 0.6) is 11.5 Å². The fourth-order valence-corrected chi connectivity index (χ4v) is 2.72. The lowest BCUT2D eigenvalue weighted by molar-refractivity contribution is -0.121. The average Bonchev–Trinajstić information content (AvgIpc) is 2.70.